The lowest BCUT2D eigenvalue weighted by molar-refractivity contribution is -0.137. The van der Waals surface area contributed by atoms with Crippen molar-refractivity contribution < 1.29 is 14.6 Å². The molecule has 0 heterocycles. The van der Waals surface area contributed by atoms with Crippen LogP contribution in [0, 0.1) is 0 Å². The van der Waals surface area contributed by atoms with Gasteiger partial charge >= 0.3 is 5.97 Å². The van der Waals surface area contributed by atoms with Crippen molar-refractivity contribution in [3.05, 3.63) is 35.9 Å². The van der Waals surface area contributed by atoms with E-state index in [1.807, 2.05) is 18.2 Å². The average molecular weight is 222 g/mol. The lowest BCUT2D eigenvalue weighted by Gasteiger charge is -2.03. The van der Waals surface area contributed by atoms with Crippen LogP contribution in [0.4, 0.5) is 0 Å². The van der Waals surface area contributed by atoms with Gasteiger partial charge in [-0.1, -0.05) is 30.3 Å². The summed E-state index contributed by atoms with van der Waals surface area (Å²) >= 11 is 0. The molecule has 0 atom stereocenters. The molecule has 88 valence electrons. The van der Waals surface area contributed by atoms with E-state index in [9.17, 15) is 4.79 Å². The zero-order valence-corrected chi connectivity index (χ0v) is 9.39. The molecule has 0 saturated heterocycles. The molecule has 1 aromatic carbocycles. The minimum absolute atomic E-state index is 0.193. The van der Waals surface area contributed by atoms with Gasteiger partial charge in [-0.2, -0.15) is 0 Å². The van der Waals surface area contributed by atoms with Gasteiger partial charge in [0.15, 0.2) is 0 Å². The number of carboxylic acids is 1. The summed E-state index contributed by atoms with van der Waals surface area (Å²) in [5.41, 5.74) is 1.32. The Morgan fingerprint density at radius 1 is 1.12 bits per heavy atom. The molecule has 0 amide bonds. The molecule has 1 aromatic rings. The standard InChI is InChI=1S/C13H18O3/c14-13(15)9-5-11-16-10-4-8-12-6-2-1-3-7-12/h1-3,6-7H,4-5,8-11H2,(H,14,15). The molecular formula is C13H18O3. The highest BCUT2D eigenvalue weighted by molar-refractivity contribution is 5.66. The van der Waals surface area contributed by atoms with Gasteiger partial charge in [0.05, 0.1) is 0 Å². The summed E-state index contributed by atoms with van der Waals surface area (Å²) in [6.07, 6.45) is 2.79. The summed E-state index contributed by atoms with van der Waals surface area (Å²) in [6, 6.07) is 10.3. The first kappa shape index (κ1) is 12.7. The van der Waals surface area contributed by atoms with E-state index in [2.05, 4.69) is 12.1 Å². The number of aliphatic carboxylic acids is 1. The number of benzene rings is 1. The number of ether oxygens (including phenoxy) is 1. The van der Waals surface area contributed by atoms with Crippen LogP contribution in [0.25, 0.3) is 0 Å². The largest absolute Gasteiger partial charge is 0.481 e. The number of carbonyl (C=O) groups is 1. The van der Waals surface area contributed by atoms with Crippen molar-refractivity contribution in [2.45, 2.75) is 25.7 Å². The molecule has 0 aromatic heterocycles. The molecule has 16 heavy (non-hydrogen) atoms. The van der Waals surface area contributed by atoms with Gasteiger partial charge in [-0.25, -0.2) is 0 Å². The summed E-state index contributed by atoms with van der Waals surface area (Å²) in [5.74, 6) is -0.757. The van der Waals surface area contributed by atoms with E-state index in [1.54, 1.807) is 0 Å². The van der Waals surface area contributed by atoms with E-state index in [0.29, 0.717) is 19.6 Å². The van der Waals surface area contributed by atoms with Crippen LogP contribution in [0.15, 0.2) is 30.3 Å². The first-order valence-electron chi connectivity index (χ1n) is 5.62. The molecule has 0 aliphatic rings. The number of hydrogen-bond donors (Lipinski definition) is 1. The van der Waals surface area contributed by atoms with Gasteiger partial charge in [-0.3, -0.25) is 4.79 Å². The van der Waals surface area contributed by atoms with Crippen LogP contribution in [0.5, 0.6) is 0 Å². The van der Waals surface area contributed by atoms with Crippen molar-refractivity contribution in [2.24, 2.45) is 0 Å². The highest BCUT2D eigenvalue weighted by Crippen LogP contribution is 2.02. The van der Waals surface area contributed by atoms with E-state index in [0.717, 1.165) is 12.8 Å². The predicted molar refractivity (Wildman–Crippen MR) is 62.5 cm³/mol. The Morgan fingerprint density at radius 3 is 2.50 bits per heavy atom. The third kappa shape index (κ3) is 6.19. The summed E-state index contributed by atoms with van der Waals surface area (Å²) in [6.45, 7) is 1.25. The van der Waals surface area contributed by atoms with E-state index in [1.165, 1.54) is 5.56 Å². The summed E-state index contributed by atoms with van der Waals surface area (Å²) in [4.78, 5) is 10.2. The molecule has 0 saturated carbocycles. The molecule has 0 fully saturated rings. The Hall–Kier alpha value is -1.35. The van der Waals surface area contributed by atoms with Gasteiger partial charge in [-0.15, -0.1) is 0 Å². The summed E-state index contributed by atoms with van der Waals surface area (Å²) in [7, 11) is 0. The van der Waals surface area contributed by atoms with Crippen LogP contribution in [0.3, 0.4) is 0 Å². The Morgan fingerprint density at radius 2 is 1.81 bits per heavy atom. The molecular weight excluding hydrogens is 204 g/mol. The minimum atomic E-state index is -0.757. The maximum absolute atomic E-state index is 10.2. The average Bonchev–Trinajstić information content (AvgIpc) is 2.29. The van der Waals surface area contributed by atoms with Gasteiger partial charge in [0.2, 0.25) is 0 Å². The predicted octanol–water partition coefficient (Wildman–Crippen LogP) is 2.50. The second kappa shape index (κ2) is 7.88. The monoisotopic (exact) mass is 222 g/mol. The molecule has 0 unspecified atom stereocenters. The Bertz CT molecular complexity index is 295. The third-order valence-electron chi connectivity index (χ3n) is 2.28. The molecule has 3 nitrogen and oxygen atoms in total. The zero-order chi connectivity index (χ0) is 11.6. The van der Waals surface area contributed by atoms with Gasteiger partial charge in [-0.05, 0) is 24.8 Å². The van der Waals surface area contributed by atoms with Gasteiger partial charge in [0.25, 0.3) is 0 Å². The summed E-state index contributed by atoms with van der Waals surface area (Å²) < 4.78 is 5.34. The van der Waals surface area contributed by atoms with E-state index in [4.69, 9.17) is 9.84 Å². The minimum Gasteiger partial charge on any atom is -0.481 e. The van der Waals surface area contributed by atoms with Crippen molar-refractivity contribution in [2.75, 3.05) is 13.2 Å². The Kier molecular flexibility index (Phi) is 6.26. The number of carboxylic acid groups (broad SMARTS) is 1. The van der Waals surface area contributed by atoms with Gasteiger partial charge in [0.1, 0.15) is 0 Å². The second-order valence-electron chi connectivity index (χ2n) is 3.70. The number of aryl methyl sites for hydroxylation is 1. The quantitative estimate of drug-likeness (QED) is 0.687. The highest BCUT2D eigenvalue weighted by atomic mass is 16.5. The molecule has 1 N–H and O–H groups in total. The van der Waals surface area contributed by atoms with E-state index < -0.39 is 5.97 Å². The lowest BCUT2D eigenvalue weighted by Crippen LogP contribution is -2.02. The highest BCUT2D eigenvalue weighted by Gasteiger charge is 1.96. The van der Waals surface area contributed by atoms with Crippen molar-refractivity contribution in [3.8, 4) is 0 Å². The van der Waals surface area contributed by atoms with Crippen molar-refractivity contribution in [1.29, 1.82) is 0 Å². The van der Waals surface area contributed by atoms with Crippen molar-refractivity contribution in [3.63, 3.8) is 0 Å². The normalized spacial score (nSPS) is 10.2. The first-order chi connectivity index (χ1) is 7.79. The molecule has 0 spiro atoms. The lowest BCUT2D eigenvalue weighted by atomic mass is 10.1. The van der Waals surface area contributed by atoms with E-state index >= 15 is 0 Å². The Labute approximate surface area is 96.1 Å². The molecule has 1 rings (SSSR count). The maximum Gasteiger partial charge on any atom is 0.303 e. The zero-order valence-electron chi connectivity index (χ0n) is 9.39. The SMILES string of the molecule is O=C(O)CCCOCCCc1ccccc1. The summed E-state index contributed by atoms with van der Waals surface area (Å²) in [5, 5.41) is 8.41. The number of hydrogen-bond acceptors (Lipinski definition) is 2. The van der Waals surface area contributed by atoms with Crippen molar-refractivity contribution in [1.82, 2.24) is 0 Å². The van der Waals surface area contributed by atoms with Crippen LogP contribution in [-0.4, -0.2) is 24.3 Å². The van der Waals surface area contributed by atoms with E-state index in [-0.39, 0.29) is 6.42 Å². The fourth-order valence-electron chi connectivity index (χ4n) is 1.45. The van der Waals surface area contributed by atoms with Crippen molar-refractivity contribution >= 4 is 5.97 Å². The van der Waals surface area contributed by atoms with Crippen LogP contribution >= 0.6 is 0 Å². The molecule has 0 aliphatic heterocycles. The molecule has 0 radical (unpaired) electrons. The molecule has 0 bridgehead atoms. The van der Waals surface area contributed by atoms with Crippen LogP contribution in [0.1, 0.15) is 24.8 Å². The van der Waals surface area contributed by atoms with Crippen LogP contribution in [0.2, 0.25) is 0 Å². The smallest absolute Gasteiger partial charge is 0.303 e. The van der Waals surface area contributed by atoms with Crippen LogP contribution in [-0.2, 0) is 16.0 Å². The third-order valence-corrected chi connectivity index (χ3v) is 2.28. The second-order valence-corrected chi connectivity index (χ2v) is 3.70. The molecule has 0 aliphatic carbocycles. The Balaban J connectivity index is 1.94. The first-order valence-corrected chi connectivity index (χ1v) is 5.62. The fraction of sp³-hybridized carbons (Fsp3) is 0.462. The van der Waals surface area contributed by atoms with Gasteiger partial charge < -0.3 is 9.84 Å². The maximum atomic E-state index is 10.2. The number of rotatable bonds is 8. The fourth-order valence-corrected chi connectivity index (χ4v) is 1.45. The topological polar surface area (TPSA) is 46.5 Å². The van der Waals surface area contributed by atoms with Crippen LogP contribution < -0.4 is 0 Å². The van der Waals surface area contributed by atoms with Gasteiger partial charge in [0, 0.05) is 19.6 Å². The molecule has 3 heteroatoms.